The van der Waals surface area contributed by atoms with E-state index in [0.29, 0.717) is 19.8 Å². The van der Waals surface area contributed by atoms with Crippen molar-refractivity contribution in [3.63, 3.8) is 0 Å². The first-order valence-corrected chi connectivity index (χ1v) is 10.8. The molecule has 1 fully saturated rings. The fraction of sp³-hybridized carbons (Fsp3) is 0.636. The van der Waals surface area contributed by atoms with Crippen LogP contribution >= 0.6 is 0 Å². The Hall–Kier alpha value is -2.44. The second kappa shape index (κ2) is 12.7. The summed E-state index contributed by atoms with van der Waals surface area (Å²) in [5, 5.41) is 41.4. The van der Waals surface area contributed by atoms with Gasteiger partial charge in [-0.05, 0) is 31.5 Å². The molecule has 0 amide bonds. The Balaban J connectivity index is 0.000000328. The third-order valence-electron chi connectivity index (χ3n) is 5.38. The summed E-state index contributed by atoms with van der Waals surface area (Å²) in [7, 11) is 0. The van der Waals surface area contributed by atoms with E-state index < -0.39 is 24.1 Å². The summed E-state index contributed by atoms with van der Waals surface area (Å²) in [6.07, 6.45) is -2.12. The van der Waals surface area contributed by atoms with Gasteiger partial charge in [-0.25, -0.2) is 9.59 Å². The van der Waals surface area contributed by atoms with Gasteiger partial charge in [-0.2, -0.15) is 0 Å². The van der Waals surface area contributed by atoms with Crippen molar-refractivity contribution < 1.29 is 49.3 Å². The van der Waals surface area contributed by atoms with E-state index in [0.717, 1.165) is 31.1 Å². The van der Waals surface area contributed by atoms with Crippen molar-refractivity contribution in [2.75, 3.05) is 46.1 Å². The maximum atomic E-state index is 9.77. The van der Waals surface area contributed by atoms with Crippen LogP contribution in [0.5, 0.6) is 11.5 Å². The molecule has 2 aliphatic rings. The largest absolute Gasteiger partial charge is 0.486 e. The van der Waals surface area contributed by atoms with Gasteiger partial charge in [0, 0.05) is 18.5 Å². The smallest absolute Gasteiger partial charge is 0.335 e. The lowest BCUT2D eigenvalue weighted by Crippen LogP contribution is -2.49. The van der Waals surface area contributed by atoms with Gasteiger partial charge < -0.3 is 39.7 Å². The Bertz CT molecular complexity index is 757. The van der Waals surface area contributed by atoms with Crippen molar-refractivity contribution in [2.45, 2.75) is 38.1 Å². The number of hydrogen-bond donors (Lipinski definition) is 5. The van der Waals surface area contributed by atoms with E-state index >= 15 is 0 Å². The number of hydrogen-bond acceptors (Lipinski definition) is 9. The number of rotatable bonds is 9. The molecule has 2 aliphatic heterocycles. The second-order valence-electron chi connectivity index (χ2n) is 8.49. The number of aliphatic hydroxyl groups excluding tert-OH is 3. The molecule has 1 aromatic carbocycles. The molecule has 0 radical (unpaired) electrons. The lowest BCUT2D eigenvalue weighted by Gasteiger charge is -2.41. The SMILES string of the molecule is C[C@]1(COCCO)CCCN(C[C@H]2COc3ccccc3O2)C1.O=C(O)[C@@H](O)[C@H](O)C(=O)O. The van der Waals surface area contributed by atoms with Crippen LogP contribution in [0.4, 0.5) is 0 Å². The maximum absolute atomic E-state index is 9.77. The van der Waals surface area contributed by atoms with Gasteiger partial charge in [0.1, 0.15) is 12.7 Å². The molecule has 186 valence electrons. The number of aliphatic carboxylic acids is 2. The van der Waals surface area contributed by atoms with Crippen LogP contribution in [0.15, 0.2) is 24.3 Å². The number of fused-ring (bicyclic) bond motifs is 1. The van der Waals surface area contributed by atoms with Crippen molar-refractivity contribution in [2.24, 2.45) is 5.41 Å². The zero-order valence-electron chi connectivity index (χ0n) is 18.6. The van der Waals surface area contributed by atoms with Crippen LogP contribution in [0.25, 0.3) is 0 Å². The number of carboxylic acids is 2. The van der Waals surface area contributed by atoms with Crippen molar-refractivity contribution in [1.82, 2.24) is 4.90 Å². The molecule has 0 saturated carbocycles. The Morgan fingerprint density at radius 1 is 1.18 bits per heavy atom. The molecule has 0 spiro atoms. The average Bonchev–Trinajstić information content (AvgIpc) is 2.78. The molecule has 0 unspecified atom stereocenters. The van der Waals surface area contributed by atoms with Crippen LogP contribution in [0.2, 0.25) is 0 Å². The second-order valence-corrected chi connectivity index (χ2v) is 8.49. The number of benzene rings is 1. The van der Waals surface area contributed by atoms with Crippen LogP contribution in [-0.2, 0) is 14.3 Å². The number of aliphatic hydroxyl groups is 3. The minimum Gasteiger partial charge on any atom is -0.486 e. The molecule has 11 nitrogen and oxygen atoms in total. The molecule has 0 aliphatic carbocycles. The molecule has 11 heteroatoms. The first-order chi connectivity index (χ1) is 15.6. The minimum atomic E-state index is -2.27. The highest BCUT2D eigenvalue weighted by Gasteiger charge is 2.33. The maximum Gasteiger partial charge on any atom is 0.335 e. The summed E-state index contributed by atoms with van der Waals surface area (Å²) in [6, 6.07) is 7.85. The first kappa shape index (κ1) is 26.8. The van der Waals surface area contributed by atoms with E-state index in [-0.39, 0.29) is 18.1 Å². The van der Waals surface area contributed by atoms with Crippen LogP contribution in [0.1, 0.15) is 19.8 Å². The van der Waals surface area contributed by atoms with Gasteiger partial charge in [-0.1, -0.05) is 19.1 Å². The summed E-state index contributed by atoms with van der Waals surface area (Å²) in [5.74, 6) is -1.86. The Labute approximate surface area is 192 Å². The highest BCUT2D eigenvalue weighted by Crippen LogP contribution is 2.33. The zero-order chi connectivity index (χ0) is 24.4. The van der Waals surface area contributed by atoms with Crippen molar-refractivity contribution in [3.05, 3.63) is 24.3 Å². The summed E-state index contributed by atoms with van der Waals surface area (Å²) in [6.45, 7) is 7.06. The lowest BCUT2D eigenvalue weighted by atomic mass is 9.82. The molecule has 0 bridgehead atoms. The van der Waals surface area contributed by atoms with Crippen LogP contribution < -0.4 is 9.47 Å². The number of likely N-dealkylation sites (tertiary alicyclic amines) is 1. The zero-order valence-corrected chi connectivity index (χ0v) is 18.6. The Morgan fingerprint density at radius 3 is 2.42 bits per heavy atom. The van der Waals surface area contributed by atoms with Crippen LogP contribution in [0, 0.1) is 5.41 Å². The third-order valence-corrected chi connectivity index (χ3v) is 5.38. The lowest BCUT2D eigenvalue weighted by molar-refractivity contribution is -0.165. The molecule has 0 aromatic heterocycles. The van der Waals surface area contributed by atoms with Gasteiger partial charge in [0.05, 0.1) is 19.8 Å². The van der Waals surface area contributed by atoms with Crippen LogP contribution in [0.3, 0.4) is 0 Å². The van der Waals surface area contributed by atoms with E-state index in [1.165, 1.54) is 12.8 Å². The summed E-state index contributed by atoms with van der Waals surface area (Å²) in [5.41, 5.74) is 0.154. The van der Waals surface area contributed by atoms with Crippen molar-refractivity contribution in [1.29, 1.82) is 0 Å². The van der Waals surface area contributed by atoms with Gasteiger partial charge >= 0.3 is 11.9 Å². The van der Waals surface area contributed by atoms with E-state index in [2.05, 4.69) is 11.8 Å². The molecule has 33 heavy (non-hydrogen) atoms. The molecule has 1 saturated heterocycles. The molecule has 3 rings (SSSR count). The first-order valence-electron chi connectivity index (χ1n) is 10.8. The van der Waals surface area contributed by atoms with Crippen LogP contribution in [-0.4, -0.2) is 107 Å². The third kappa shape index (κ3) is 8.45. The van der Waals surface area contributed by atoms with Crippen molar-refractivity contribution in [3.8, 4) is 11.5 Å². The summed E-state index contributed by atoms with van der Waals surface area (Å²) in [4.78, 5) is 22.0. The topological polar surface area (TPSA) is 166 Å². The Kier molecular flexibility index (Phi) is 10.3. The summed E-state index contributed by atoms with van der Waals surface area (Å²) < 4.78 is 17.5. The predicted molar refractivity (Wildman–Crippen MR) is 115 cm³/mol. The summed E-state index contributed by atoms with van der Waals surface area (Å²) >= 11 is 0. The number of carbonyl (C=O) groups is 2. The van der Waals surface area contributed by atoms with Gasteiger partial charge in [0.2, 0.25) is 0 Å². The van der Waals surface area contributed by atoms with Gasteiger partial charge in [0.15, 0.2) is 23.7 Å². The van der Waals surface area contributed by atoms with E-state index in [4.69, 9.17) is 39.7 Å². The van der Waals surface area contributed by atoms with Gasteiger partial charge in [0.25, 0.3) is 0 Å². The molecule has 4 atom stereocenters. The monoisotopic (exact) mass is 471 g/mol. The van der Waals surface area contributed by atoms with Gasteiger partial charge in [-0.15, -0.1) is 0 Å². The number of para-hydroxylation sites is 2. The number of piperidine rings is 1. The van der Waals surface area contributed by atoms with E-state index in [9.17, 15) is 9.59 Å². The number of ether oxygens (including phenoxy) is 3. The van der Waals surface area contributed by atoms with E-state index in [1.54, 1.807) is 0 Å². The number of nitrogens with zero attached hydrogens (tertiary/aromatic N) is 1. The predicted octanol–water partition coefficient (Wildman–Crippen LogP) is -0.185. The molecule has 1 aromatic rings. The number of carboxylic acid groups (broad SMARTS) is 2. The fourth-order valence-electron chi connectivity index (χ4n) is 3.80. The fourth-order valence-corrected chi connectivity index (χ4v) is 3.80. The minimum absolute atomic E-state index is 0.0746. The van der Waals surface area contributed by atoms with Gasteiger partial charge in [-0.3, -0.25) is 4.90 Å². The quantitative estimate of drug-likeness (QED) is 0.303. The standard InChI is InChI=1S/C18H27NO4.C4H6O6/c1-18(14-21-10-9-20)7-4-8-19(13-18)11-15-12-22-16-5-2-3-6-17(16)23-15;5-1(3(7)8)2(6)4(9)10/h2-3,5-6,15,20H,4,7-14H2,1H3;1-2,5-6H,(H,7,8)(H,9,10)/t15-,18-;1-,2-/m00/s1. The highest BCUT2D eigenvalue weighted by atomic mass is 16.6. The molecular weight excluding hydrogens is 438 g/mol. The molecule has 5 N–H and O–H groups in total. The van der Waals surface area contributed by atoms with Crippen molar-refractivity contribution >= 4 is 11.9 Å². The van der Waals surface area contributed by atoms with E-state index in [1.807, 2.05) is 24.3 Å². The normalized spacial score (nSPS) is 24.2. The molecule has 2 heterocycles. The average molecular weight is 472 g/mol. The Morgan fingerprint density at radius 2 is 1.82 bits per heavy atom. The highest BCUT2D eigenvalue weighted by molar-refractivity contribution is 5.83. The molecular formula is C22H33NO10.